The lowest BCUT2D eigenvalue weighted by molar-refractivity contribution is 0.0606. The molecule has 2 aromatic carbocycles. The van der Waals surface area contributed by atoms with Crippen LogP contribution >= 0.6 is 11.3 Å². The molecule has 3 nitrogen and oxygen atoms in total. The lowest BCUT2D eigenvalue weighted by Gasteiger charge is -2.00. The van der Waals surface area contributed by atoms with Crippen LogP contribution in [0.5, 0.6) is 0 Å². The third-order valence-corrected chi connectivity index (χ3v) is 4.96. The highest BCUT2D eigenvalue weighted by molar-refractivity contribution is 7.20. The first-order valence-electron chi connectivity index (χ1n) is 7.53. The molecule has 0 fully saturated rings. The molecular weight excluding hydrogens is 320 g/mol. The molecule has 0 N–H and O–H groups in total. The Hall–Kier alpha value is -2.85. The first kappa shape index (κ1) is 14.7. The van der Waals surface area contributed by atoms with Crippen LogP contribution in [-0.4, -0.2) is 13.1 Å². The lowest BCUT2D eigenvalue weighted by atomic mass is 10.1. The Morgan fingerprint density at radius 1 is 0.958 bits per heavy atom. The molecule has 4 rings (SSSR count). The number of esters is 1. The molecule has 0 aliphatic rings. The van der Waals surface area contributed by atoms with Crippen LogP contribution in [0.25, 0.3) is 32.7 Å². The van der Waals surface area contributed by atoms with Crippen molar-refractivity contribution < 1.29 is 13.9 Å². The van der Waals surface area contributed by atoms with E-state index < -0.39 is 0 Å². The summed E-state index contributed by atoms with van der Waals surface area (Å²) >= 11 is 1.43. The minimum Gasteiger partial charge on any atom is -0.465 e. The van der Waals surface area contributed by atoms with Gasteiger partial charge in [0.05, 0.1) is 7.11 Å². The Kier molecular flexibility index (Phi) is 3.67. The number of ether oxygens (including phenoxy) is 1. The minimum absolute atomic E-state index is 0.313. The minimum atomic E-state index is -0.313. The van der Waals surface area contributed by atoms with Crippen LogP contribution in [-0.2, 0) is 4.74 Å². The summed E-state index contributed by atoms with van der Waals surface area (Å²) in [6.45, 7) is 0. The molecular formula is C20H14O3S. The van der Waals surface area contributed by atoms with Crippen molar-refractivity contribution >= 4 is 27.4 Å². The first-order valence-corrected chi connectivity index (χ1v) is 8.34. The number of rotatable bonds is 3. The molecule has 0 saturated carbocycles. The molecule has 4 aromatic rings. The summed E-state index contributed by atoms with van der Waals surface area (Å²) in [5.74, 6) is 1.30. The van der Waals surface area contributed by atoms with E-state index >= 15 is 0 Å². The van der Waals surface area contributed by atoms with E-state index in [0.717, 1.165) is 32.7 Å². The molecule has 2 aromatic heterocycles. The van der Waals surface area contributed by atoms with Crippen LogP contribution < -0.4 is 0 Å². The monoisotopic (exact) mass is 334 g/mol. The normalized spacial score (nSPS) is 10.9. The van der Waals surface area contributed by atoms with E-state index in [1.54, 1.807) is 0 Å². The molecule has 0 aliphatic carbocycles. The fourth-order valence-electron chi connectivity index (χ4n) is 2.72. The highest BCUT2D eigenvalue weighted by Crippen LogP contribution is 2.36. The first-order chi connectivity index (χ1) is 11.8. The summed E-state index contributed by atoms with van der Waals surface area (Å²) in [5.41, 5.74) is 2.01. The van der Waals surface area contributed by atoms with Crippen molar-refractivity contribution in [1.82, 2.24) is 0 Å². The standard InChI is InChI=1S/C20H14O3S/c1-22-20(21)19-12-15-14(8-5-9-18(15)24-19)17-11-10-16(23-17)13-6-3-2-4-7-13/h2-12H,1H3. The molecule has 118 valence electrons. The molecule has 0 atom stereocenters. The van der Waals surface area contributed by atoms with Gasteiger partial charge < -0.3 is 9.15 Å². The molecule has 0 unspecified atom stereocenters. The van der Waals surface area contributed by atoms with E-state index in [9.17, 15) is 4.79 Å². The predicted molar refractivity (Wildman–Crippen MR) is 96.3 cm³/mol. The molecule has 24 heavy (non-hydrogen) atoms. The van der Waals surface area contributed by atoms with Crippen LogP contribution in [0.4, 0.5) is 0 Å². The van der Waals surface area contributed by atoms with E-state index in [2.05, 4.69) is 0 Å². The highest BCUT2D eigenvalue weighted by Gasteiger charge is 2.15. The number of fused-ring (bicyclic) bond motifs is 1. The van der Waals surface area contributed by atoms with Crippen molar-refractivity contribution in [2.24, 2.45) is 0 Å². The quantitative estimate of drug-likeness (QED) is 0.457. The highest BCUT2D eigenvalue weighted by atomic mass is 32.1. The number of methoxy groups -OCH3 is 1. The Bertz CT molecular complexity index is 1010. The predicted octanol–water partition coefficient (Wildman–Crippen LogP) is 5.61. The van der Waals surface area contributed by atoms with Crippen LogP contribution in [0.3, 0.4) is 0 Å². The number of furan rings is 1. The Labute approximate surface area is 143 Å². The molecule has 0 aliphatic heterocycles. The van der Waals surface area contributed by atoms with Gasteiger partial charge in [-0.05, 0) is 24.3 Å². The van der Waals surface area contributed by atoms with Gasteiger partial charge in [0.2, 0.25) is 0 Å². The summed E-state index contributed by atoms with van der Waals surface area (Å²) in [7, 11) is 1.40. The van der Waals surface area contributed by atoms with E-state index in [4.69, 9.17) is 9.15 Å². The van der Waals surface area contributed by atoms with Gasteiger partial charge in [0.15, 0.2) is 0 Å². The summed E-state index contributed by atoms with van der Waals surface area (Å²) < 4.78 is 11.9. The SMILES string of the molecule is COC(=O)c1cc2c(-c3ccc(-c4ccccc4)o3)cccc2s1. The van der Waals surface area contributed by atoms with E-state index in [0.29, 0.717) is 4.88 Å². The molecule has 0 saturated heterocycles. The van der Waals surface area contributed by atoms with Gasteiger partial charge in [-0.3, -0.25) is 0 Å². The zero-order valence-corrected chi connectivity index (χ0v) is 13.8. The second-order valence-electron chi connectivity index (χ2n) is 5.35. The molecule has 4 heteroatoms. The number of hydrogen-bond donors (Lipinski definition) is 0. The fraction of sp³-hybridized carbons (Fsp3) is 0.0500. The van der Waals surface area contributed by atoms with Gasteiger partial charge >= 0.3 is 5.97 Å². The second kappa shape index (κ2) is 5.98. The molecule has 2 heterocycles. The van der Waals surface area contributed by atoms with Gasteiger partial charge in [0.1, 0.15) is 16.4 Å². The van der Waals surface area contributed by atoms with Crippen molar-refractivity contribution in [2.45, 2.75) is 0 Å². The summed E-state index contributed by atoms with van der Waals surface area (Å²) in [6, 6.07) is 21.8. The van der Waals surface area contributed by atoms with Crippen LogP contribution in [0.1, 0.15) is 9.67 Å². The zero-order valence-electron chi connectivity index (χ0n) is 13.0. The van der Waals surface area contributed by atoms with Gasteiger partial charge in [-0.1, -0.05) is 42.5 Å². The van der Waals surface area contributed by atoms with Crippen molar-refractivity contribution in [3.8, 4) is 22.6 Å². The Balaban J connectivity index is 1.81. The third-order valence-electron chi connectivity index (χ3n) is 3.88. The molecule has 0 radical (unpaired) electrons. The smallest absolute Gasteiger partial charge is 0.348 e. The summed E-state index contributed by atoms with van der Waals surface area (Å²) in [6.07, 6.45) is 0. The average Bonchev–Trinajstić information content (AvgIpc) is 3.28. The maximum Gasteiger partial charge on any atom is 0.348 e. The van der Waals surface area contributed by atoms with Gasteiger partial charge in [0.25, 0.3) is 0 Å². The topological polar surface area (TPSA) is 39.4 Å². The van der Waals surface area contributed by atoms with Gasteiger partial charge in [-0.2, -0.15) is 0 Å². The average molecular weight is 334 g/mol. The zero-order chi connectivity index (χ0) is 16.5. The van der Waals surface area contributed by atoms with Gasteiger partial charge in [0, 0.05) is 21.2 Å². The van der Waals surface area contributed by atoms with Crippen LogP contribution in [0.2, 0.25) is 0 Å². The van der Waals surface area contributed by atoms with Crippen LogP contribution in [0, 0.1) is 0 Å². The maximum absolute atomic E-state index is 11.8. The van der Waals surface area contributed by atoms with Crippen molar-refractivity contribution in [3.05, 3.63) is 71.6 Å². The van der Waals surface area contributed by atoms with E-state index in [1.807, 2.05) is 66.7 Å². The number of thiophene rings is 1. The van der Waals surface area contributed by atoms with Crippen LogP contribution in [0.15, 0.2) is 71.1 Å². The summed E-state index contributed by atoms with van der Waals surface area (Å²) in [4.78, 5) is 12.4. The van der Waals surface area contributed by atoms with Crippen molar-refractivity contribution in [2.75, 3.05) is 7.11 Å². The number of benzene rings is 2. The fourth-order valence-corrected chi connectivity index (χ4v) is 3.72. The Morgan fingerprint density at radius 2 is 1.75 bits per heavy atom. The number of hydrogen-bond acceptors (Lipinski definition) is 4. The van der Waals surface area contributed by atoms with E-state index in [-0.39, 0.29) is 5.97 Å². The lowest BCUT2D eigenvalue weighted by Crippen LogP contribution is -1.96. The third kappa shape index (κ3) is 2.51. The molecule has 0 spiro atoms. The number of carbonyl (C=O) groups excluding carboxylic acids is 1. The van der Waals surface area contributed by atoms with Gasteiger partial charge in [-0.25, -0.2) is 4.79 Å². The second-order valence-corrected chi connectivity index (χ2v) is 6.43. The largest absolute Gasteiger partial charge is 0.465 e. The maximum atomic E-state index is 11.8. The Morgan fingerprint density at radius 3 is 2.54 bits per heavy atom. The molecule has 0 bridgehead atoms. The summed E-state index contributed by atoms with van der Waals surface area (Å²) in [5, 5.41) is 0.997. The van der Waals surface area contributed by atoms with E-state index in [1.165, 1.54) is 18.4 Å². The van der Waals surface area contributed by atoms with Crippen molar-refractivity contribution in [1.29, 1.82) is 0 Å². The number of carbonyl (C=O) groups is 1. The van der Waals surface area contributed by atoms with Gasteiger partial charge in [-0.15, -0.1) is 11.3 Å². The van der Waals surface area contributed by atoms with Crippen molar-refractivity contribution in [3.63, 3.8) is 0 Å². The molecule has 0 amide bonds.